The van der Waals surface area contributed by atoms with Gasteiger partial charge in [-0.15, -0.1) is 0 Å². The first-order valence-electron chi connectivity index (χ1n) is 12.4. The van der Waals surface area contributed by atoms with Gasteiger partial charge in [-0.3, -0.25) is 0 Å². The van der Waals surface area contributed by atoms with Gasteiger partial charge >= 0.3 is 0 Å². The molecule has 0 bridgehead atoms. The van der Waals surface area contributed by atoms with Crippen molar-refractivity contribution in [3.63, 3.8) is 0 Å². The van der Waals surface area contributed by atoms with Crippen molar-refractivity contribution in [2.24, 2.45) is 0 Å². The van der Waals surface area contributed by atoms with Gasteiger partial charge in [0.25, 0.3) is 0 Å². The van der Waals surface area contributed by atoms with Crippen molar-refractivity contribution in [1.29, 1.82) is 0 Å². The number of anilines is 1. The number of benzene rings is 3. The van der Waals surface area contributed by atoms with Crippen molar-refractivity contribution in [2.45, 2.75) is 11.8 Å². The fourth-order valence-corrected chi connectivity index (χ4v) is 6.55. The summed E-state index contributed by atoms with van der Waals surface area (Å²) in [6.07, 6.45) is 3.64. The number of nitrogens with zero attached hydrogens (tertiary/aromatic N) is 5. The lowest BCUT2D eigenvalue weighted by Gasteiger charge is -2.35. The van der Waals surface area contributed by atoms with E-state index in [1.165, 1.54) is 0 Å². The lowest BCUT2D eigenvalue weighted by molar-refractivity contribution is 0.384. The summed E-state index contributed by atoms with van der Waals surface area (Å²) < 4.78 is 30.1. The Bertz CT molecular complexity index is 1710. The van der Waals surface area contributed by atoms with Crippen LogP contribution in [0.5, 0.6) is 0 Å². The molecule has 1 aliphatic rings. The predicted octanol–water partition coefficient (Wildman–Crippen LogP) is 5.56. The van der Waals surface area contributed by atoms with Crippen LogP contribution in [0, 0.1) is 6.92 Å². The molecule has 0 radical (unpaired) electrons. The van der Waals surface area contributed by atoms with E-state index in [0.717, 1.165) is 39.2 Å². The van der Waals surface area contributed by atoms with Gasteiger partial charge in [-0.1, -0.05) is 65.7 Å². The molecule has 3 heterocycles. The molecule has 7 nitrogen and oxygen atoms in total. The second kappa shape index (κ2) is 9.87. The van der Waals surface area contributed by atoms with Crippen LogP contribution in [-0.4, -0.2) is 53.4 Å². The fourth-order valence-electron chi connectivity index (χ4n) is 4.94. The number of hydrogen-bond acceptors (Lipinski definition) is 5. The van der Waals surface area contributed by atoms with E-state index in [-0.39, 0.29) is 0 Å². The Balaban J connectivity index is 1.39. The van der Waals surface area contributed by atoms with E-state index < -0.39 is 10.0 Å². The molecular formula is C29H26ClN5O2S. The van der Waals surface area contributed by atoms with E-state index in [1.54, 1.807) is 22.8 Å². The topological polar surface area (TPSA) is 71.3 Å². The number of piperazine rings is 1. The van der Waals surface area contributed by atoms with Gasteiger partial charge in [0.15, 0.2) is 5.65 Å². The first-order valence-corrected chi connectivity index (χ1v) is 14.2. The SMILES string of the molecule is Cc1ccc(S(=O)(=O)N2CCN(c3ncnc4c3c(-c3ccccc3)cn4-c3cccc(Cl)c3)CC2)cc1. The molecule has 0 aliphatic carbocycles. The predicted molar refractivity (Wildman–Crippen MR) is 151 cm³/mol. The molecule has 0 saturated carbocycles. The van der Waals surface area contributed by atoms with Crippen LogP contribution in [0.2, 0.25) is 5.02 Å². The molecule has 0 N–H and O–H groups in total. The minimum Gasteiger partial charge on any atom is -0.353 e. The van der Waals surface area contributed by atoms with Crippen LogP contribution in [-0.2, 0) is 10.0 Å². The molecule has 1 saturated heterocycles. The second-order valence-corrected chi connectivity index (χ2v) is 11.7. The highest BCUT2D eigenvalue weighted by Crippen LogP contribution is 2.37. The van der Waals surface area contributed by atoms with Crippen molar-refractivity contribution < 1.29 is 8.42 Å². The van der Waals surface area contributed by atoms with E-state index in [2.05, 4.69) is 28.2 Å². The Hall–Kier alpha value is -3.72. The molecular weight excluding hydrogens is 518 g/mol. The van der Waals surface area contributed by atoms with E-state index in [1.807, 2.05) is 66.1 Å². The number of aromatic nitrogens is 3. The fraction of sp³-hybridized carbons (Fsp3) is 0.172. The monoisotopic (exact) mass is 543 g/mol. The van der Waals surface area contributed by atoms with Gasteiger partial charge in [0.2, 0.25) is 10.0 Å². The molecule has 38 heavy (non-hydrogen) atoms. The van der Waals surface area contributed by atoms with Gasteiger partial charge in [-0.05, 0) is 42.8 Å². The van der Waals surface area contributed by atoms with Gasteiger partial charge in [0.05, 0.1) is 10.3 Å². The average molecular weight is 544 g/mol. The van der Waals surface area contributed by atoms with Crippen LogP contribution < -0.4 is 4.90 Å². The first-order chi connectivity index (χ1) is 18.4. The maximum Gasteiger partial charge on any atom is 0.243 e. The molecule has 2 aromatic heterocycles. The maximum absolute atomic E-state index is 13.2. The molecule has 192 valence electrons. The van der Waals surface area contributed by atoms with Gasteiger partial charge in [-0.25, -0.2) is 18.4 Å². The summed E-state index contributed by atoms with van der Waals surface area (Å²) in [5.74, 6) is 0.794. The summed E-state index contributed by atoms with van der Waals surface area (Å²) in [6.45, 7) is 3.73. The van der Waals surface area contributed by atoms with Crippen LogP contribution >= 0.6 is 11.6 Å². The van der Waals surface area contributed by atoms with Crippen LogP contribution in [0.15, 0.2) is 96.3 Å². The molecule has 9 heteroatoms. The standard InChI is InChI=1S/C29H26ClN5O2S/c1-21-10-12-25(13-11-21)38(36,37)34-16-14-33(15-17-34)28-27-26(22-6-3-2-4-7-22)19-35(29(27)32-20-31-28)24-9-5-8-23(30)18-24/h2-13,18-20H,14-17H2,1H3. The number of sulfonamides is 1. The minimum absolute atomic E-state index is 0.325. The number of halogens is 1. The van der Waals surface area contributed by atoms with Crippen molar-refractivity contribution in [3.8, 4) is 16.8 Å². The third-order valence-corrected chi connectivity index (χ3v) is 9.08. The quantitative estimate of drug-likeness (QED) is 0.290. The molecule has 3 aromatic carbocycles. The largest absolute Gasteiger partial charge is 0.353 e. The van der Waals surface area contributed by atoms with Crippen LogP contribution in [0.3, 0.4) is 0 Å². The molecule has 0 atom stereocenters. The number of hydrogen-bond donors (Lipinski definition) is 0. The average Bonchev–Trinajstić information content (AvgIpc) is 3.34. The first kappa shape index (κ1) is 24.6. The Morgan fingerprint density at radius 1 is 0.842 bits per heavy atom. The Labute approximate surface area is 227 Å². The van der Waals surface area contributed by atoms with E-state index in [9.17, 15) is 8.42 Å². The maximum atomic E-state index is 13.2. The van der Waals surface area contributed by atoms with Gasteiger partial charge < -0.3 is 9.47 Å². The Morgan fingerprint density at radius 2 is 1.58 bits per heavy atom. The van der Waals surface area contributed by atoms with Crippen molar-refractivity contribution in [1.82, 2.24) is 18.8 Å². The van der Waals surface area contributed by atoms with Crippen LogP contribution in [0.25, 0.3) is 27.8 Å². The molecule has 0 spiro atoms. The molecule has 1 aliphatic heterocycles. The zero-order valence-corrected chi connectivity index (χ0v) is 22.4. The van der Waals surface area contributed by atoms with Gasteiger partial charge in [0, 0.05) is 48.6 Å². The minimum atomic E-state index is -3.56. The summed E-state index contributed by atoms with van der Waals surface area (Å²) >= 11 is 6.32. The van der Waals surface area contributed by atoms with E-state index >= 15 is 0 Å². The van der Waals surface area contributed by atoms with Crippen LogP contribution in [0.1, 0.15) is 5.56 Å². The second-order valence-electron chi connectivity index (χ2n) is 9.36. The third kappa shape index (κ3) is 4.45. The number of fused-ring (bicyclic) bond motifs is 1. The summed E-state index contributed by atoms with van der Waals surface area (Å²) in [5.41, 5.74) is 4.76. The lowest BCUT2D eigenvalue weighted by Crippen LogP contribution is -2.49. The summed E-state index contributed by atoms with van der Waals surface area (Å²) in [5, 5.41) is 1.57. The number of aryl methyl sites for hydroxylation is 1. The van der Waals surface area contributed by atoms with Crippen LogP contribution in [0.4, 0.5) is 5.82 Å². The highest BCUT2D eigenvalue weighted by atomic mass is 35.5. The van der Waals surface area contributed by atoms with E-state index in [0.29, 0.717) is 36.1 Å². The van der Waals surface area contributed by atoms with Gasteiger partial charge in [0.1, 0.15) is 12.1 Å². The van der Waals surface area contributed by atoms with Crippen molar-refractivity contribution in [2.75, 3.05) is 31.1 Å². The molecule has 5 aromatic rings. The normalized spacial score (nSPS) is 14.7. The Kier molecular flexibility index (Phi) is 6.39. The van der Waals surface area contributed by atoms with Crippen molar-refractivity contribution in [3.05, 3.63) is 102 Å². The summed E-state index contributed by atoms with van der Waals surface area (Å²) in [6, 6.07) is 24.8. The molecule has 0 unspecified atom stereocenters. The molecule has 1 fully saturated rings. The van der Waals surface area contributed by atoms with Crippen molar-refractivity contribution >= 4 is 38.5 Å². The number of rotatable bonds is 5. The van der Waals surface area contributed by atoms with Gasteiger partial charge in [-0.2, -0.15) is 4.31 Å². The lowest BCUT2D eigenvalue weighted by atomic mass is 10.1. The molecule has 0 amide bonds. The Morgan fingerprint density at radius 3 is 2.29 bits per heavy atom. The van der Waals surface area contributed by atoms with E-state index in [4.69, 9.17) is 16.6 Å². The zero-order valence-electron chi connectivity index (χ0n) is 20.8. The smallest absolute Gasteiger partial charge is 0.243 e. The molecule has 6 rings (SSSR count). The highest BCUT2D eigenvalue weighted by molar-refractivity contribution is 7.89. The third-order valence-electron chi connectivity index (χ3n) is 6.93. The summed E-state index contributed by atoms with van der Waals surface area (Å²) in [7, 11) is -3.56. The highest BCUT2D eigenvalue weighted by Gasteiger charge is 2.30. The summed E-state index contributed by atoms with van der Waals surface area (Å²) in [4.78, 5) is 11.8. The zero-order chi connectivity index (χ0) is 26.3.